The number of nitrogens with one attached hydrogen (secondary N) is 1. The summed E-state index contributed by atoms with van der Waals surface area (Å²) in [4.78, 5) is 25.7. The highest BCUT2D eigenvalue weighted by Crippen LogP contribution is 2.14. The SMILES string of the molecule is Cc1ccc(NC(=O)N2CCN(C=O)CC2)cc1F. The third kappa shape index (κ3) is 3.21. The molecule has 19 heavy (non-hydrogen) atoms. The van der Waals surface area contributed by atoms with Crippen molar-refractivity contribution in [3.8, 4) is 0 Å². The highest BCUT2D eigenvalue weighted by atomic mass is 19.1. The molecule has 1 aliphatic heterocycles. The zero-order chi connectivity index (χ0) is 13.8. The molecular formula is C13H16FN3O2. The maximum atomic E-state index is 13.4. The van der Waals surface area contributed by atoms with Crippen molar-refractivity contribution in [1.82, 2.24) is 9.80 Å². The first-order valence-corrected chi connectivity index (χ1v) is 6.11. The molecule has 3 amide bonds. The minimum atomic E-state index is -0.344. The zero-order valence-electron chi connectivity index (χ0n) is 10.7. The number of carbonyl (C=O) groups excluding carboxylic acids is 2. The van der Waals surface area contributed by atoms with Crippen LogP contribution in [-0.4, -0.2) is 48.4 Å². The second kappa shape index (κ2) is 5.69. The number of urea groups is 1. The van der Waals surface area contributed by atoms with Crippen LogP contribution in [-0.2, 0) is 4.79 Å². The van der Waals surface area contributed by atoms with Gasteiger partial charge < -0.3 is 15.1 Å². The first-order valence-electron chi connectivity index (χ1n) is 6.11. The van der Waals surface area contributed by atoms with Crippen LogP contribution in [0.2, 0.25) is 0 Å². The Kier molecular flexibility index (Phi) is 3.99. The van der Waals surface area contributed by atoms with Crippen LogP contribution in [0.5, 0.6) is 0 Å². The van der Waals surface area contributed by atoms with Crippen LogP contribution < -0.4 is 5.32 Å². The van der Waals surface area contributed by atoms with E-state index in [1.807, 2.05) is 0 Å². The molecule has 1 N–H and O–H groups in total. The van der Waals surface area contributed by atoms with Crippen molar-refractivity contribution in [2.45, 2.75) is 6.92 Å². The Bertz CT molecular complexity index is 485. The van der Waals surface area contributed by atoms with Gasteiger partial charge in [0.2, 0.25) is 6.41 Å². The Morgan fingerprint density at radius 2 is 2.00 bits per heavy atom. The average Bonchev–Trinajstić information content (AvgIpc) is 2.43. The number of benzene rings is 1. The lowest BCUT2D eigenvalue weighted by Gasteiger charge is -2.32. The van der Waals surface area contributed by atoms with E-state index in [2.05, 4.69) is 5.32 Å². The van der Waals surface area contributed by atoms with E-state index < -0.39 is 0 Å². The van der Waals surface area contributed by atoms with Crippen molar-refractivity contribution in [2.75, 3.05) is 31.5 Å². The van der Waals surface area contributed by atoms with Crippen molar-refractivity contribution in [3.05, 3.63) is 29.6 Å². The molecule has 102 valence electrons. The summed E-state index contributed by atoms with van der Waals surface area (Å²) < 4.78 is 13.4. The molecule has 6 heteroatoms. The van der Waals surface area contributed by atoms with E-state index in [-0.39, 0.29) is 11.8 Å². The van der Waals surface area contributed by atoms with Gasteiger partial charge in [-0.1, -0.05) is 6.07 Å². The van der Waals surface area contributed by atoms with E-state index in [0.29, 0.717) is 37.4 Å². The lowest BCUT2D eigenvalue weighted by Crippen LogP contribution is -2.49. The maximum absolute atomic E-state index is 13.4. The molecule has 1 aliphatic rings. The normalized spacial score (nSPS) is 15.3. The van der Waals surface area contributed by atoms with Gasteiger partial charge in [-0.3, -0.25) is 4.79 Å². The highest BCUT2D eigenvalue weighted by molar-refractivity contribution is 5.89. The first-order chi connectivity index (χ1) is 9.10. The van der Waals surface area contributed by atoms with Crippen LogP contribution in [0, 0.1) is 12.7 Å². The van der Waals surface area contributed by atoms with Crippen molar-refractivity contribution in [1.29, 1.82) is 0 Å². The van der Waals surface area contributed by atoms with Crippen LogP contribution >= 0.6 is 0 Å². The highest BCUT2D eigenvalue weighted by Gasteiger charge is 2.20. The van der Waals surface area contributed by atoms with Gasteiger partial charge in [0.05, 0.1) is 0 Å². The molecule has 0 aliphatic carbocycles. The van der Waals surface area contributed by atoms with Crippen LogP contribution in [0.3, 0.4) is 0 Å². The Labute approximate surface area is 111 Å². The van der Waals surface area contributed by atoms with Gasteiger partial charge in [-0.2, -0.15) is 0 Å². The smallest absolute Gasteiger partial charge is 0.321 e. The molecular weight excluding hydrogens is 249 g/mol. The fourth-order valence-electron chi connectivity index (χ4n) is 1.90. The first kappa shape index (κ1) is 13.3. The Hall–Kier alpha value is -2.11. The molecule has 1 fully saturated rings. The van der Waals surface area contributed by atoms with Gasteiger partial charge in [0.15, 0.2) is 0 Å². The number of hydrogen-bond acceptors (Lipinski definition) is 2. The molecule has 1 saturated heterocycles. The molecule has 0 atom stereocenters. The fourth-order valence-corrected chi connectivity index (χ4v) is 1.90. The van der Waals surface area contributed by atoms with Crippen molar-refractivity contribution in [2.24, 2.45) is 0 Å². The third-order valence-electron chi connectivity index (χ3n) is 3.17. The van der Waals surface area contributed by atoms with Crippen molar-refractivity contribution < 1.29 is 14.0 Å². The van der Waals surface area contributed by atoms with E-state index in [9.17, 15) is 14.0 Å². The van der Waals surface area contributed by atoms with Crippen molar-refractivity contribution >= 4 is 18.1 Å². The van der Waals surface area contributed by atoms with Crippen molar-refractivity contribution in [3.63, 3.8) is 0 Å². The zero-order valence-corrected chi connectivity index (χ0v) is 10.7. The van der Waals surface area contributed by atoms with Gasteiger partial charge in [0, 0.05) is 31.9 Å². The molecule has 1 heterocycles. The second-order valence-corrected chi connectivity index (χ2v) is 4.52. The van der Waals surface area contributed by atoms with Gasteiger partial charge in [-0.25, -0.2) is 9.18 Å². The number of carbonyl (C=O) groups is 2. The number of rotatable bonds is 2. The summed E-state index contributed by atoms with van der Waals surface area (Å²) in [5.41, 5.74) is 0.975. The van der Waals surface area contributed by atoms with Gasteiger partial charge >= 0.3 is 6.03 Å². The Morgan fingerprint density at radius 1 is 1.32 bits per heavy atom. The number of halogens is 1. The van der Waals surface area contributed by atoms with Crippen LogP contribution in [0.15, 0.2) is 18.2 Å². The Morgan fingerprint density at radius 3 is 2.58 bits per heavy atom. The minimum absolute atomic E-state index is 0.270. The predicted molar refractivity (Wildman–Crippen MR) is 69.4 cm³/mol. The van der Waals surface area contributed by atoms with Crippen LogP contribution in [0.4, 0.5) is 14.9 Å². The quantitative estimate of drug-likeness (QED) is 0.823. The summed E-state index contributed by atoms with van der Waals surface area (Å²) in [5, 5.41) is 2.65. The minimum Gasteiger partial charge on any atom is -0.342 e. The van der Waals surface area contributed by atoms with Gasteiger partial charge in [-0.15, -0.1) is 0 Å². The average molecular weight is 265 g/mol. The number of anilines is 1. The summed E-state index contributed by atoms with van der Waals surface area (Å²) in [7, 11) is 0. The van der Waals surface area contributed by atoms with Crippen LogP contribution in [0.25, 0.3) is 0 Å². The second-order valence-electron chi connectivity index (χ2n) is 4.52. The topological polar surface area (TPSA) is 52.7 Å². The molecule has 0 aromatic heterocycles. The largest absolute Gasteiger partial charge is 0.342 e. The molecule has 0 bridgehead atoms. The maximum Gasteiger partial charge on any atom is 0.321 e. The molecule has 5 nitrogen and oxygen atoms in total. The number of aryl methyl sites for hydroxylation is 1. The number of piperazine rings is 1. The van der Waals surface area contributed by atoms with Crippen LogP contribution in [0.1, 0.15) is 5.56 Å². The summed E-state index contributed by atoms with van der Waals surface area (Å²) in [5.74, 6) is -0.344. The monoisotopic (exact) mass is 265 g/mol. The molecule has 0 unspecified atom stereocenters. The molecule has 1 aromatic rings. The summed E-state index contributed by atoms with van der Waals surface area (Å²) in [6.45, 7) is 3.69. The number of amides is 3. The summed E-state index contributed by atoms with van der Waals surface area (Å²) >= 11 is 0. The van der Waals surface area contributed by atoms with E-state index >= 15 is 0 Å². The van der Waals surface area contributed by atoms with Gasteiger partial charge in [-0.05, 0) is 24.6 Å². The lowest BCUT2D eigenvalue weighted by atomic mass is 10.2. The van der Waals surface area contributed by atoms with Gasteiger partial charge in [0.25, 0.3) is 0 Å². The third-order valence-corrected chi connectivity index (χ3v) is 3.17. The molecule has 0 saturated carbocycles. The Balaban J connectivity index is 1.94. The molecule has 0 radical (unpaired) electrons. The number of hydrogen-bond donors (Lipinski definition) is 1. The van der Waals surface area contributed by atoms with E-state index in [1.165, 1.54) is 6.07 Å². The number of nitrogens with zero attached hydrogens (tertiary/aromatic N) is 2. The standard InChI is InChI=1S/C13H16FN3O2/c1-10-2-3-11(8-12(10)14)15-13(19)17-6-4-16(9-18)5-7-17/h2-3,8-9H,4-7H2,1H3,(H,15,19). The summed E-state index contributed by atoms with van der Waals surface area (Å²) in [6.07, 6.45) is 0.782. The van der Waals surface area contributed by atoms with Gasteiger partial charge in [0.1, 0.15) is 5.82 Å². The summed E-state index contributed by atoms with van der Waals surface area (Å²) in [6, 6.07) is 4.32. The predicted octanol–water partition coefficient (Wildman–Crippen LogP) is 1.44. The molecule has 1 aromatic carbocycles. The van der Waals surface area contributed by atoms with E-state index in [1.54, 1.807) is 28.9 Å². The van der Waals surface area contributed by atoms with E-state index in [0.717, 1.165) is 6.41 Å². The fraction of sp³-hybridized carbons (Fsp3) is 0.385. The van der Waals surface area contributed by atoms with E-state index in [4.69, 9.17) is 0 Å². The molecule has 2 rings (SSSR count). The lowest BCUT2D eigenvalue weighted by molar-refractivity contribution is -0.119. The molecule has 0 spiro atoms.